The number of nitrogens with zero attached hydrogens (tertiary/aromatic N) is 1. The van der Waals surface area contributed by atoms with Crippen LogP contribution in [-0.4, -0.2) is 44.7 Å². The molecule has 1 atom stereocenters. The van der Waals surface area contributed by atoms with Crippen molar-refractivity contribution in [1.29, 1.82) is 0 Å². The molecule has 0 radical (unpaired) electrons. The summed E-state index contributed by atoms with van der Waals surface area (Å²) in [6.07, 6.45) is 0. The lowest BCUT2D eigenvalue weighted by Crippen LogP contribution is -2.39. The first-order valence-corrected chi connectivity index (χ1v) is 7.66. The normalized spacial score (nSPS) is 13.4. The molecule has 1 aromatic rings. The highest BCUT2D eigenvalue weighted by Crippen LogP contribution is 2.18. The van der Waals surface area contributed by atoms with Crippen LogP contribution < -0.4 is 9.44 Å². The second kappa shape index (κ2) is 6.91. The minimum atomic E-state index is -3.67. The highest BCUT2D eigenvalue weighted by Gasteiger charge is 2.19. The Morgan fingerprint density at radius 1 is 1.63 bits per heavy atom. The van der Waals surface area contributed by atoms with Gasteiger partial charge in [-0.25, -0.2) is 9.78 Å². The van der Waals surface area contributed by atoms with Gasteiger partial charge >= 0.3 is 5.97 Å². The number of nitrogens with one attached hydrogen (secondary N) is 2. The number of carboxylic acid groups (broad SMARTS) is 1. The predicted octanol–water partition coefficient (Wildman–Crippen LogP) is -0.0273. The first-order valence-electron chi connectivity index (χ1n) is 5.30. The summed E-state index contributed by atoms with van der Waals surface area (Å²) in [5, 5.41) is 10.5. The lowest BCUT2D eigenvalue weighted by Gasteiger charge is -2.12. The van der Waals surface area contributed by atoms with Gasteiger partial charge in [-0.3, -0.25) is 0 Å². The van der Waals surface area contributed by atoms with Crippen LogP contribution in [0.25, 0.3) is 0 Å². The van der Waals surface area contributed by atoms with Gasteiger partial charge in [0.15, 0.2) is 5.69 Å². The summed E-state index contributed by atoms with van der Waals surface area (Å²) in [6, 6.07) is -0.613. The molecule has 0 aromatic carbocycles. The number of carboxylic acids is 1. The van der Waals surface area contributed by atoms with Gasteiger partial charge in [0.2, 0.25) is 0 Å². The summed E-state index contributed by atoms with van der Waals surface area (Å²) >= 11 is 1.08. The third kappa shape index (κ3) is 5.20. The second-order valence-corrected chi connectivity index (χ2v) is 6.03. The summed E-state index contributed by atoms with van der Waals surface area (Å²) in [6.45, 7) is 1.99. The van der Waals surface area contributed by atoms with E-state index in [9.17, 15) is 13.2 Å². The smallest absolute Gasteiger partial charge is 0.355 e. The zero-order valence-corrected chi connectivity index (χ0v) is 12.0. The molecule has 0 fully saturated rings. The summed E-state index contributed by atoms with van der Waals surface area (Å²) in [5.41, 5.74) is -0.0987. The lowest BCUT2D eigenvalue weighted by atomic mass is 10.4. The molecule has 8 nitrogen and oxygen atoms in total. The van der Waals surface area contributed by atoms with Gasteiger partial charge in [0.1, 0.15) is 5.01 Å². The van der Waals surface area contributed by atoms with Gasteiger partial charge in [-0.05, 0) is 6.92 Å². The average molecular weight is 309 g/mol. The fraction of sp³-hybridized carbons (Fsp3) is 0.556. The van der Waals surface area contributed by atoms with E-state index in [1.807, 2.05) is 0 Å². The molecule has 1 aromatic heterocycles. The van der Waals surface area contributed by atoms with Crippen molar-refractivity contribution in [3.8, 4) is 0 Å². The number of aromatic carboxylic acids is 1. The third-order valence-electron chi connectivity index (χ3n) is 2.04. The van der Waals surface area contributed by atoms with Gasteiger partial charge in [0.25, 0.3) is 10.2 Å². The third-order valence-corrected chi connectivity index (χ3v) is 4.32. The van der Waals surface area contributed by atoms with Crippen LogP contribution in [0.15, 0.2) is 5.38 Å². The highest BCUT2D eigenvalue weighted by atomic mass is 32.2. The molecular formula is C9H15N3O5S2. The van der Waals surface area contributed by atoms with Crippen molar-refractivity contribution < 1.29 is 23.1 Å². The Morgan fingerprint density at radius 3 is 2.84 bits per heavy atom. The van der Waals surface area contributed by atoms with Gasteiger partial charge in [-0.15, -0.1) is 11.3 Å². The van der Waals surface area contributed by atoms with Gasteiger partial charge in [-0.1, -0.05) is 0 Å². The van der Waals surface area contributed by atoms with E-state index in [1.54, 1.807) is 6.92 Å². The number of hydrogen-bond acceptors (Lipinski definition) is 6. The van der Waals surface area contributed by atoms with Crippen LogP contribution in [0.1, 0.15) is 28.5 Å². The topological polar surface area (TPSA) is 118 Å². The lowest BCUT2D eigenvalue weighted by molar-refractivity contribution is 0.0691. The molecule has 10 heteroatoms. The van der Waals surface area contributed by atoms with Crippen LogP contribution >= 0.6 is 11.3 Å². The molecule has 1 unspecified atom stereocenters. The van der Waals surface area contributed by atoms with E-state index in [2.05, 4.69) is 14.4 Å². The molecule has 1 rings (SSSR count). The van der Waals surface area contributed by atoms with E-state index in [0.29, 0.717) is 5.01 Å². The minimum absolute atomic E-state index is 0.0987. The molecular weight excluding hydrogens is 294 g/mol. The van der Waals surface area contributed by atoms with E-state index in [0.717, 1.165) is 11.3 Å². The van der Waals surface area contributed by atoms with Gasteiger partial charge in [0.05, 0.1) is 12.6 Å². The van der Waals surface area contributed by atoms with E-state index in [-0.39, 0.29) is 18.8 Å². The number of methoxy groups -OCH3 is 1. The van der Waals surface area contributed by atoms with Gasteiger partial charge < -0.3 is 9.84 Å². The average Bonchev–Trinajstić information content (AvgIpc) is 2.77. The summed E-state index contributed by atoms with van der Waals surface area (Å²) in [7, 11) is -2.21. The van der Waals surface area contributed by atoms with Crippen LogP contribution in [0.4, 0.5) is 0 Å². The Labute approximate surface area is 115 Å². The number of carbonyl (C=O) groups is 1. The van der Waals surface area contributed by atoms with Crippen molar-refractivity contribution >= 4 is 27.5 Å². The van der Waals surface area contributed by atoms with Crippen LogP contribution in [-0.2, 0) is 14.9 Å². The van der Waals surface area contributed by atoms with Crippen LogP contribution in [0.2, 0.25) is 0 Å². The first-order chi connectivity index (χ1) is 8.85. The molecule has 0 aliphatic heterocycles. The maximum atomic E-state index is 11.6. The SMILES string of the molecule is COCCNS(=O)(=O)NC(C)c1nc(C(=O)O)cs1. The molecule has 108 valence electrons. The Morgan fingerprint density at radius 2 is 2.32 bits per heavy atom. The fourth-order valence-corrected chi connectivity index (χ4v) is 3.07. The maximum absolute atomic E-state index is 11.6. The van der Waals surface area contributed by atoms with Crippen molar-refractivity contribution in [2.75, 3.05) is 20.3 Å². The highest BCUT2D eigenvalue weighted by molar-refractivity contribution is 7.87. The largest absolute Gasteiger partial charge is 0.476 e. The molecule has 3 N–H and O–H groups in total. The van der Waals surface area contributed by atoms with E-state index >= 15 is 0 Å². The molecule has 0 bridgehead atoms. The fourth-order valence-electron chi connectivity index (χ4n) is 1.19. The number of rotatable bonds is 8. The Bertz CT molecular complexity index is 528. The quantitative estimate of drug-likeness (QED) is 0.581. The van der Waals surface area contributed by atoms with Crippen molar-refractivity contribution in [3.05, 3.63) is 16.1 Å². The molecule has 1 heterocycles. The molecule has 0 spiro atoms. The van der Waals surface area contributed by atoms with Crippen molar-refractivity contribution in [2.24, 2.45) is 0 Å². The molecule has 0 amide bonds. The maximum Gasteiger partial charge on any atom is 0.355 e. The number of hydrogen-bond donors (Lipinski definition) is 3. The zero-order chi connectivity index (χ0) is 14.5. The van der Waals surface area contributed by atoms with Crippen LogP contribution in [0.3, 0.4) is 0 Å². The van der Waals surface area contributed by atoms with E-state index in [1.165, 1.54) is 12.5 Å². The predicted molar refractivity (Wildman–Crippen MR) is 69.4 cm³/mol. The second-order valence-electron chi connectivity index (χ2n) is 3.61. The van der Waals surface area contributed by atoms with Crippen LogP contribution in [0, 0.1) is 0 Å². The monoisotopic (exact) mass is 309 g/mol. The van der Waals surface area contributed by atoms with Crippen molar-refractivity contribution in [1.82, 2.24) is 14.4 Å². The molecule has 19 heavy (non-hydrogen) atoms. The van der Waals surface area contributed by atoms with E-state index in [4.69, 9.17) is 9.84 Å². The van der Waals surface area contributed by atoms with Crippen molar-refractivity contribution in [3.63, 3.8) is 0 Å². The molecule has 0 saturated heterocycles. The Hall–Kier alpha value is -1.07. The van der Waals surface area contributed by atoms with E-state index < -0.39 is 22.2 Å². The van der Waals surface area contributed by atoms with Gasteiger partial charge in [0, 0.05) is 19.0 Å². The Kier molecular flexibility index (Phi) is 5.82. The molecule has 0 saturated carbocycles. The standard InChI is InChI=1S/C9H15N3O5S2/c1-6(8-11-7(5-18-8)9(13)14)12-19(15,16)10-3-4-17-2/h5-6,10,12H,3-4H2,1-2H3,(H,13,14). The molecule has 0 aliphatic carbocycles. The number of ether oxygens (including phenoxy) is 1. The van der Waals surface area contributed by atoms with Crippen molar-refractivity contribution in [2.45, 2.75) is 13.0 Å². The summed E-state index contributed by atoms with van der Waals surface area (Å²) < 4.78 is 32.6. The van der Waals surface area contributed by atoms with Crippen LogP contribution in [0.5, 0.6) is 0 Å². The minimum Gasteiger partial charge on any atom is -0.476 e. The number of aromatic nitrogens is 1. The molecule has 0 aliphatic rings. The van der Waals surface area contributed by atoms with Gasteiger partial charge in [-0.2, -0.15) is 17.9 Å². The first kappa shape index (κ1) is 16.0. The Balaban J connectivity index is 2.62. The zero-order valence-electron chi connectivity index (χ0n) is 10.4. The summed E-state index contributed by atoms with van der Waals surface area (Å²) in [4.78, 5) is 14.5. The number of thiazole rings is 1. The summed E-state index contributed by atoms with van der Waals surface area (Å²) in [5.74, 6) is -1.14.